The van der Waals surface area contributed by atoms with Crippen LogP contribution in [0.2, 0.25) is 0 Å². The Morgan fingerprint density at radius 3 is 2.95 bits per heavy atom. The standard InChI is InChI=1S/C11H15BrN6O/c1-2-4-18-10(8(12)6-14-18)11(19)9-7-17(5-3-13)16-15-9/h6-7H,2-5,13H2,1H3. The Bertz CT molecular complexity index is 576. The number of hydrogen-bond acceptors (Lipinski definition) is 5. The molecule has 0 fully saturated rings. The van der Waals surface area contributed by atoms with Crippen LogP contribution in [0, 0.1) is 0 Å². The van der Waals surface area contributed by atoms with E-state index in [0.29, 0.717) is 35.5 Å². The first-order valence-corrected chi connectivity index (χ1v) is 6.82. The van der Waals surface area contributed by atoms with Crippen molar-refractivity contribution in [3.05, 3.63) is 28.3 Å². The fraction of sp³-hybridized carbons (Fsp3) is 0.455. The van der Waals surface area contributed by atoms with E-state index >= 15 is 0 Å². The molecule has 0 aromatic carbocycles. The normalized spacial score (nSPS) is 10.9. The van der Waals surface area contributed by atoms with Gasteiger partial charge in [-0.1, -0.05) is 12.1 Å². The summed E-state index contributed by atoms with van der Waals surface area (Å²) in [5.41, 5.74) is 6.23. The van der Waals surface area contributed by atoms with Gasteiger partial charge in [0.1, 0.15) is 5.69 Å². The molecule has 8 heteroatoms. The van der Waals surface area contributed by atoms with E-state index in [1.165, 1.54) is 0 Å². The number of carbonyl (C=O) groups excluding carboxylic acids is 1. The quantitative estimate of drug-likeness (QED) is 0.794. The van der Waals surface area contributed by atoms with Crippen LogP contribution in [0.15, 0.2) is 16.9 Å². The van der Waals surface area contributed by atoms with Crippen LogP contribution in [0.25, 0.3) is 0 Å². The van der Waals surface area contributed by atoms with Crippen molar-refractivity contribution in [1.29, 1.82) is 0 Å². The maximum Gasteiger partial charge on any atom is 0.234 e. The molecule has 0 amide bonds. The van der Waals surface area contributed by atoms with Gasteiger partial charge in [0.25, 0.3) is 0 Å². The third-order valence-electron chi connectivity index (χ3n) is 2.57. The molecule has 2 aromatic rings. The molecule has 0 atom stereocenters. The van der Waals surface area contributed by atoms with E-state index in [-0.39, 0.29) is 5.78 Å². The topological polar surface area (TPSA) is 91.6 Å². The lowest BCUT2D eigenvalue weighted by molar-refractivity contribution is 0.102. The number of nitrogens with zero attached hydrogens (tertiary/aromatic N) is 5. The maximum atomic E-state index is 12.4. The van der Waals surface area contributed by atoms with E-state index in [1.807, 2.05) is 6.92 Å². The molecule has 0 unspecified atom stereocenters. The SMILES string of the molecule is CCCn1ncc(Br)c1C(=O)c1cn(CCN)nn1. The van der Waals surface area contributed by atoms with Gasteiger partial charge in [-0.2, -0.15) is 5.10 Å². The fourth-order valence-electron chi connectivity index (χ4n) is 1.73. The van der Waals surface area contributed by atoms with Gasteiger partial charge in [-0.05, 0) is 22.4 Å². The van der Waals surface area contributed by atoms with Crippen LogP contribution in [0.4, 0.5) is 0 Å². The summed E-state index contributed by atoms with van der Waals surface area (Å²) in [6, 6.07) is 0. The molecule has 0 saturated heterocycles. The fourth-order valence-corrected chi connectivity index (χ4v) is 2.21. The molecule has 102 valence electrons. The Balaban J connectivity index is 2.29. The van der Waals surface area contributed by atoms with Gasteiger partial charge in [0.15, 0.2) is 5.69 Å². The lowest BCUT2D eigenvalue weighted by atomic mass is 10.2. The smallest absolute Gasteiger partial charge is 0.234 e. The zero-order valence-corrected chi connectivity index (χ0v) is 12.2. The zero-order valence-electron chi connectivity index (χ0n) is 10.6. The highest BCUT2D eigenvalue weighted by atomic mass is 79.9. The van der Waals surface area contributed by atoms with Crippen LogP contribution in [0.3, 0.4) is 0 Å². The van der Waals surface area contributed by atoms with E-state index in [4.69, 9.17) is 5.73 Å². The minimum Gasteiger partial charge on any atom is -0.329 e. The Morgan fingerprint density at radius 2 is 2.26 bits per heavy atom. The Labute approximate surface area is 118 Å². The second-order valence-electron chi connectivity index (χ2n) is 4.05. The van der Waals surface area contributed by atoms with Gasteiger partial charge in [-0.3, -0.25) is 14.2 Å². The van der Waals surface area contributed by atoms with Gasteiger partial charge in [0.05, 0.1) is 23.4 Å². The molecule has 0 radical (unpaired) electrons. The minimum atomic E-state index is -0.193. The molecular formula is C11H15BrN6O. The van der Waals surface area contributed by atoms with E-state index in [9.17, 15) is 4.79 Å². The van der Waals surface area contributed by atoms with Crippen LogP contribution in [0.5, 0.6) is 0 Å². The lowest BCUT2D eigenvalue weighted by Gasteiger charge is -2.03. The lowest BCUT2D eigenvalue weighted by Crippen LogP contribution is -2.12. The summed E-state index contributed by atoms with van der Waals surface area (Å²) in [4.78, 5) is 12.4. The molecule has 0 aliphatic rings. The van der Waals surface area contributed by atoms with Gasteiger partial charge < -0.3 is 5.73 Å². The van der Waals surface area contributed by atoms with E-state index in [2.05, 4.69) is 31.3 Å². The van der Waals surface area contributed by atoms with Crippen LogP contribution >= 0.6 is 15.9 Å². The number of aromatic nitrogens is 5. The summed E-state index contributed by atoms with van der Waals surface area (Å²) in [5, 5.41) is 11.9. The predicted octanol–water partition coefficient (Wildman–Crippen LogP) is 0.837. The van der Waals surface area contributed by atoms with Gasteiger partial charge >= 0.3 is 0 Å². The Kier molecular flexibility index (Phi) is 4.43. The van der Waals surface area contributed by atoms with Crippen molar-refractivity contribution in [3.63, 3.8) is 0 Å². The van der Waals surface area contributed by atoms with Crippen LogP contribution in [0.1, 0.15) is 29.5 Å². The third-order valence-corrected chi connectivity index (χ3v) is 3.16. The van der Waals surface area contributed by atoms with Crippen molar-refractivity contribution in [1.82, 2.24) is 24.8 Å². The summed E-state index contributed by atoms with van der Waals surface area (Å²) in [6.07, 6.45) is 4.12. The molecule has 2 N–H and O–H groups in total. The Morgan fingerprint density at radius 1 is 1.47 bits per heavy atom. The summed E-state index contributed by atoms with van der Waals surface area (Å²) in [5.74, 6) is -0.193. The average molecular weight is 327 g/mol. The van der Waals surface area contributed by atoms with Crippen molar-refractivity contribution in [2.75, 3.05) is 6.54 Å². The molecule has 2 aromatic heterocycles. The summed E-state index contributed by atoms with van der Waals surface area (Å²) in [7, 11) is 0. The molecule has 19 heavy (non-hydrogen) atoms. The summed E-state index contributed by atoms with van der Waals surface area (Å²) in [6.45, 7) is 3.70. The molecule has 2 heterocycles. The molecule has 0 bridgehead atoms. The summed E-state index contributed by atoms with van der Waals surface area (Å²) < 4.78 is 3.90. The number of carbonyl (C=O) groups is 1. The van der Waals surface area contributed by atoms with Crippen molar-refractivity contribution in [3.8, 4) is 0 Å². The Hall–Kier alpha value is -1.54. The maximum absolute atomic E-state index is 12.4. The van der Waals surface area contributed by atoms with Gasteiger partial charge in [0, 0.05) is 13.1 Å². The van der Waals surface area contributed by atoms with Crippen LogP contribution in [-0.4, -0.2) is 37.1 Å². The predicted molar refractivity (Wildman–Crippen MR) is 72.7 cm³/mol. The van der Waals surface area contributed by atoms with Crippen molar-refractivity contribution >= 4 is 21.7 Å². The highest BCUT2D eigenvalue weighted by Crippen LogP contribution is 2.19. The van der Waals surface area contributed by atoms with Crippen molar-refractivity contribution in [2.45, 2.75) is 26.4 Å². The number of nitrogens with two attached hydrogens (primary N) is 1. The van der Waals surface area contributed by atoms with E-state index in [1.54, 1.807) is 21.8 Å². The number of hydrogen-bond donors (Lipinski definition) is 1. The van der Waals surface area contributed by atoms with Crippen LogP contribution in [-0.2, 0) is 13.1 Å². The first-order valence-electron chi connectivity index (χ1n) is 6.03. The van der Waals surface area contributed by atoms with Crippen LogP contribution < -0.4 is 5.73 Å². The van der Waals surface area contributed by atoms with Crippen molar-refractivity contribution in [2.24, 2.45) is 5.73 Å². The van der Waals surface area contributed by atoms with Gasteiger partial charge in [0.2, 0.25) is 5.78 Å². The molecule has 0 aliphatic carbocycles. The molecule has 0 saturated carbocycles. The molecular weight excluding hydrogens is 312 g/mol. The second-order valence-corrected chi connectivity index (χ2v) is 4.90. The number of aryl methyl sites for hydroxylation is 1. The zero-order chi connectivity index (χ0) is 13.8. The molecule has 2 rings (SSSR count). The average Bonchev–Trinajstić information content (AvgIpc) is 2.98. The monoisotopic (exact) mass is 326 g/mol. The van der Waals surface area contributed by atoms with Crippen molar-refractivity contribution < 1.29 is 4.79 Å². The minimum absolute atomic E-state index is 0.193. The highest BCUT2D eigenvalue weighted by molar-refractivity contribution is 9.10. The van der Waals surface area contributed by atoms with E-state index in [0.717, 1.165) is 6.42 Å². The van der Waals surface area contributed by atoms with Gasteiger partial charge in [-0.25, -0.2) is 0 Å². The molecule has 0 aliphatic heterocycles. The van der Waals surface area contributed by atoms with Gasteiger partial charge in [-0.15, -0.1) is 5.10 Å². The largest absolute Gasteiger partial charge is 0.329 e. The summed E-state index contributed by atoms with van der Waals surface area (Å²) >= 11 is 3.34. The second kappa shape index (κ2) is 6.07. The first-order chi connectivity index (χ1) is 9.17. The first kappa shape index (κ1) is 13.9. The third kappa shape index (κ3) is 2.90. The highest BCUT2D eigenvalue weighted by Gasteiger charge is 2.21. The number of ketones is 1. The van der Waals surface area contributed by atoms with E-state index < -0.39 is 0 Å². The number of halogens is 1. The molecule has 7 nitrogen and oxygen atoms in total. The molecule has 0 spiro atoms. The number of rotatable bonds is 6.